The van der Waals surface area contributed by atoms with Crippen LogP contribution in [-0.4, -0.2) is 35.7 Å². The molecule has 0 heterocycles. The molecule has 0 aromatic heterocycles. The van der Waals surface area contributed by atoms with Crippen LogP contribution in [0.5, 0.6) is 0 Å². The van der Waals surface area contributed by atoms with Crippen LogP contribution >= 0.6 is 0 Å². The van der Waals surface area contributed by atoms with Crippen LogP contribution in [-0.2, 0) is 35.6 Å². The quantitative estimate of drug-likeness (QED) is 0.184. The predicted octanol–water partition coefficient (Wildman–Crippen LogP) is -1.13. The number of nitriles is 7. The molecule has 1 radical (unpaired) electrons. The summed E-state index contributed by atoms with van der Waals surface area (Å²) in [6.45, 7) is 0. The molecule has 0 aliphatic rings. The Bertz CT molecular complexity index is 314. The maximum absolute atomic E-state index is 6.88. The molecule has 0 unspecified atom stereocenters. The molecule has 0 spiro atoms. The number of nitrogens with zero attached hydrogens (tertiary/aromatic N) is 7. The van der Waals surface area contributed by atoms with E-state index in [1.54, 1.807) is 0 Å². The molecule has 14 nitrogen and oxygen atoms in total. The molecule has 0 aromatic rings. The minimum atomic E-state index is 0. The minimum absolute atomic E-state index is 0. The molecule has 7 N–H and O–H groups in total. The number of aliphatic hydroxyl groups excluding tert-OH is 7. The fourth-order valence-corrected chi connectivity index (χ4v) is 0. The average Bonchev–Trinajstić information content (AvgIpc) is 2.35. The van der Waals surface area contributed by atoms with Gasteiger partial charge in [-0.2, -0.15) is 36.8 Å². The van der Waals surface area contributed by atoms with Crippen molar-refractivity contribution in [3.63, 3.8) is 0 Å². The number of aliphatic hydroxyl groups is 7. The Hall–Kier alpha value is -3.87. The maximum atomic E-state index is 6.88. The second-order valence-electron chi connectivity index (χ2n) is 0.700. The Morgan fingerprint density at radius 1 is 0.348 bits per heavy atom. The molecule has 0 saturated heterocycles. The molecule has 125 valence electrons. The molecule has 16 heteroatoms. The monoisotopic (exact) mass is 408 g/mol. The maximum Gasteiger partial charge on any atom is 0.283 e. The van der Waals surface area contributed by atoms with Crippen molar-refractivity contribution >= 4 is 0 Å². The van der Waals surface area contributed by atoms with E-state index in [2.05, 4.69) is 0 Å². The van der Waals surface area contributed by atoms with E-state index in [0.717, 1.165) is 43.8 Å². The topological polar surface area (TPSA) is 308 Å². The molecule has 0 aromatic carbocycles. The van der Waals surface area contributed by atoms with Crippen LogP contribution < -0.4 is 0 Å². The predicted molar refractivity (Wildman–Crippen MR) is 52.8 cm³/mol. The summed E-state index contributed by atoms with van der Waals surface area (Å²) >= 11 is 0. The normalized spacial score (nSPS) is 2.13. The van der Waals surface area contributed by atoms with Gasteiger partial charge >= 0.3 is 0 Å². The number of hydrogen-bond acceptors (Lipinski definition) is 14. The van der Waals surface area contributed by atoms with Crippen molar-refractivity contribution in [2.24, 2.45) is 0 Å². The second kappa shape index (κ2) is 542. The van der Waals surface area contributed by atoms with E-state index in [1.165, 1.54) is 0 Å². The summed E-state index contributed by atoms with van der Waals surface area (Å²) in [4.78, 5) is 0. The molecule has 0 atom stereocenters. The van der Waals surface area contributed by atoms with Gasteiger partial charge < -0.3 is 35.7 Å². The molecule has 0 rings (SSSR count). The Morgan fingerprint density at radius 2 is 0.348 bits per heavy atom. The van der Waals surface area contributed by atoms with E-state index in [-0.39, 0.29) is 35.6 Å². The number of hydrogen-bond donors (Lipinski definition) is 7. The summed E-state index contributed by atoms with van der Waals surface area (Å²) in [5, 5.41) is 96.2. The van der Waals surface area contributed by atoms with Crippen LogP contribution in [0.2, 0.25) is 0 Å². The summed E-state index contributed by atoms with van der Waals surface area (Å²) in [6, 6.07) is 0. The third-order valence-electron chi connectivity index (χ3n) is 0. The first-order chi connectivity index (χ1) is 9.90. The Kier molecular flexibility index (Phi) is 1440. The molecule has 0 aliphatic carbocycles. The van der Waals surface area contributed by atoms with Crippen LogP contribution in [0, 0.1) is 80.6 Å². The van der Waals surface area contributed by atoms with Gasteiger partial charge in [-0.05, 0) is 0 Å². The first-order valence-electron chi connectivity index (χ1n) is 3.13. The molecular formula is C7H7FeN7O7V. The van der Waals surface area contributed by atoms with Gasteiger partial charge in [0.1, 0.15) is 0 Å². The van der Waals surface area contributed by atoms with Gasteiger partial charge in [0.05, 0.1) is 0 Å². The summed E-state index contributed by atoms with van der Waals surface area (Å²) in [5.74, 6) is 0. The van der Waals surface area contributed by atoms with Crippen molar-refractivity contribution in [1.29, 1.82) is 36.8 Å². The fourth-order valence-electron chi connectivity index (χ4n) is 0. The standard InChI is InChI=1S/7CHNO.Fe.V/c7*2-1-3;;/h7*3H;;. The van der Waals surface area contributed by atoms with Gasteiger partial charge in [0.2, 0.25) is 0 Å². The molecule has 0 aliphatic heterocycles. The van der Waals surface area contributed by atoms with Crippen molar-refractivity contribution in [2.75, 3.05) is 0 Å². The summed E-state index contributed by atoms with van der Waals surface area (Å²) in [7, 11) is 0. The summed E-state index contributed by atoms with van der Waals surface area (Å²) in [5.41, 5.74) is 0. The molecule has 0 fully saturated rings. The Balaban J connectivity index is -0.0000000140. The van der Waals surface area contributed by atoms with E-state index in [0.29, 0.717) is 0 Å². The summed E-state index contributed by atoms with van der Waals surface area (Å²) < 4.78 is 0. The smallest absolute Gasteiger partial charge is 0.283 e. The molecule has 23 heavy (non-hydrogen) atoms. The van der Waals surface area contributed by atoms with E-state index in [4.69, 9.17) is 72.6 Å². The minimum Gasteiger partial charge on any atom is -0.443 e. The molecule has 0 amide bonds. The second-order valence-corrected chi connectivity index (χ2v) is 0.700. The van der Waals surface area contributed by atoms with E-state index in [9.17, 15) is 0 Å². The molecule has 0 saturated carbocycles. The van der Waals surface area contributed by atoms with Crippen LogP contribution in [0.3, 0.4) is 0 Å². The third kappa shape index (κ3) is 316. The van der Waals surface area contributed by atoms with E-state index in [1.807, 2.05) is 0 Å². The zero-order valence-electron chi connectivity index (χ0n) is 10.6. The molecular weight excluding hydrogens is 401 g/mol. The van der Waals surface area contributed by atoms with Gasteiger partial charge in [-0.3, -0.25) is 0 Å². The van der Waals surface area contributed by atoms with Crippen molar-refractivity contribution in [3.05, 3.63) is 0 Å². The van der Waals surface area contributed by atoms with Gasteiger partial charge in [0.15, 0.2) is 0 Å². The van der Waals surface area contributed by atoms with Gasteiger partial charge in [-0.15, -0.1) is 0 Å². The third-order valence-corrected chi connectivity index (χ3v) is 0. The van der Waals surface area contributed by atoms with Crippen molar-refractivity contribution in [3.8, 4) is 43.8 Å². The van der Waals surface area contributed by atoms with Gasteiger partial charge in [-0.1, -0.05) is 0 Å². The molecule has 0 bridgehead atoms. The van der Waals surface area contributed by atoms with Crippen LogP contribution in [0.1, 0.15) is 0 Å². The van der Waals surface area contributed by atoms with Crippen molar-refractivity contribution < 1.29 is 71.4 Å². The summed E-state index contributed by atoms with van der Waals surface area (Å²) in [6.07, 6.45) is 5.25. The van der Waals surface area contributed by atoms with Crippen molar-refractivity contribution in [1.82, 2.24) is 0 Å². The number of rotatable bonds is 0. The van der Waals surface area contributed by atoms with Crippen LogP contribution in [0.25, 0.3) is 0 Å². The Morgan fingerprint density at radius 3 is 0.348 bits per heavy atom. The fraction of sp³-hybridized carbons (Fsp3) is 0. The van der Waals surface area contributed by atoms with Gasteiger partial charge in [0, 0.05) is 35.6 Å². The SMILES string of the molecule is N#CO.N#CO.N#CO.N#CO.N#CO.N#CO.N#CO.[Fe].[V]. The van der Waals surface area contributed by atoms with E-state index >= 15 is 0 Å². The largest absolute Gasteiger partial charge is 0.443 e. The van der Waals surface area contributed by atoms with Crippen molar-refractivity contribution in [2.45, 2.75) is 0 Å². The zero-order chi connectivity index (χ0) is 18.9. The zero-order valence-corrected chi connectivity index (χ0v) is 13.1. The Labute approximate surface area is 152 Å². The van der Waals surface area contributed by atoms with Gasteiger partial charge in [-0.25, -0.2) is 0 Å². The first kappa shape index (κ1) is 61.3. The van der Waals surface area contributed by atoms with E-state index < -0.39 is 0 Å². The first-order valence-corrected chi connectivity index (χ1v) is 3.13. The average molecular weight is 408 g/mol. The van der Waals surface area contributed by atoms with Crippen LogP contribution in [0.15, 0.2) is 0 Å². The van der Waals surface area contributed by atoms with Gasteiger partial charge in [0.25, 0.3) is 43.8 Å². The van der Waals surface area contributed by atoms with Crippen LogP contribution in [0.4, 0.5) is 0 Å².